The van der Waals surface area contributed by atoms with Crippen LogP contribution in [0.1, 0.15) is 12.8 Å². The summed E-state index contributed by atoms with van der Waals surface area (Å²) in [5, 5.41) is 15.5. The molecule has 0 aromatic carbocycles. The zero-order valence-electron chi connectivity index (χ0n) is 13.5. The second-order valence-corrected chi connectivity index (χ2v) is 7.25. The Bertz CT molecular complexity index is 473. The molecular weight excluding hydrogens is 342 g/mol. The number of hydrogen-bond donors (Lipinski definition) is 2. The maximum absolute atomic E-state index is 12.6. The Hall–Kier alpha value is -0.560. The normalized spacial score (nSPS) is 41.3. The zero-order chi connectivity index (χ0) is 17.3. The van der Waals surface area contributed by atoms with Gasteiger partial charge in [0.2, 0.25) is 0 Å². The lowest BCUT2D eigenvalue weighted by molar-refractivity contribution is -0.176. The number of nitrogens with zero attached hydrogens (tertiary/aromatic N) is 2. The number of likely N-dealkylation sites (tertiary alicyclic amines) is 1. The van der Waals surface area contributed by atoms with Gasteiger partial charge in [0.05, 0.1) is 23.7 Å². The van der Waals surface area contributed by atoms with Crippen LogP contribution in [0.3, 0.4) is 0 Å². The van der Waals surface area contributed by atoms with Crippen molar-refractivity contribution in [1.29, 1.82) is 5.26 Å². The number of rotatable bonds is 4. The molecule has 3 aliphatic rings. The van der Waals surface area contributed by atoms with Gasteiger partial charge < -0.3 is 19.7 Å². The average molecular weight is 365 g/mol. The van der Waals surface area contributed by atoms with E-state index in [1.165, 1.54) is 0 Å². The molecule has 3 fully saturated rings. The topological polar surface area (TPSA) is 69.5 Å². The molecule has 0 amide bonds. The Morgan fingerprint density at radius 3 is 2.75 bits per heavy atom. The van der Waals surface area contributed by atoms with E-state index in [-0.39, 0.29) is 12.1 Å². The Balaban J connectivity index is 1.61. The molecule has 0 aromatic rings. The van der Waals surface area contributed by atoms with Gasteiger partial charge in [0.1, 0.15) is 6.10 Å². The van der Waals surface area contributed by atoms with Crippen LogP contribution in [-0.4, -0.2) is 74.1 Å². The highest BCUT2D eigenvalue weighted by molar-refractivity contribution is 6.21. The van der Waals surface area contributed by atoms with Crippen molar-refractivity contribution in [3.05, 3.63) is 0 Å². The van der Waals surface area contributed by atoms with Crippen molar-refractivity contribution in [2.75, 3.05) is 26.7 Å². The molecule has 0 spiro atoms. The van der Waals surface area contributed by atoms with Crippen LogP contribution < -0.4 is 10.6 Å². The Kier molecular flexibility index (Phi) is 5.90. The number of piperidine rings is 2. The monoisotopic (exact) mass is 364 g/mol. The lowest BCUT2D eigenvalue weighted by Crippen LogP contribution is -2.63. The molecule has 6 unspecified atom stereocenters. The van der Waals surface area contributed by atoms with Crippen molar-refractivity contribution >= 4 is 11.6 Å². The quantitative estimate of drug-likeness (QED) is 0.716. The second-order valence-electron chi connectivity index (χ2n) is 6.75. The third-order valence-corrected chi connectivity index (χ3v) is 5.67. The van der Waals surface area contributed by atoms with Crippen molar-refractivity contribution in [3.8, 4) is 6.07 Å². The van der Waals surface area contributed by atoms with Crippen LogP contribution in [0.2, 0.25) is 0 Å². The predicted octanol–water partition coefficient (Wildman–Crippen LogP) is 0.722. The van der Waals surface area contributed by atoms with E-state index >= 15 is 0 Å². The van der Waals surface area contributed by atoms with Crippen LogP contribution in [0, 0.1) is 17.2 Å². The molecule has 24 heavy (non-hydrogen) atoms. The number of halogens is 3. The van der Waals surface area contributed by atoms with Crippen LogP contribution >= 0.6 is 11.6 Å². The lowest BCUT2D eigenvalue weighted by Gasteiger charge is -2.41. The molecule has 0 bridgehead atoms. The molecule has 6 atom stereocenters. The minimum absolute atomic E-state index is 0.175. The fourth-order valence-electron chi connectivity index (χ4n) is 3.84. The first-order chi connectivity index (χ1) is 11.5. The van der Waals surface area contributed by atoms with Crippen LogP contribution in [-0.2, 0) is 9.47 Å². The summed E-state index contributed by atoms with van der Waals surface area (Å²) in [6, 6.07) is 2.26. The molecule has 3 saturated heterocycles. The summed E-state index contributed by atoms with van der Waals surface area (Å²) in [5.41, 5.74) is 0. The number of nitriles is 1. The first-order valence-electron chi connectivity index (χ1n) is 8.30. The number of nitrogens with one attached hydrogen (secondary N) is 2. The third-order valence-electron chi connectivity index (χ3n) is 5.17. The SMILES string of the molecule is CN1CCC(NC2NCC3C(OC(F)F)C(C#N)OC3C2Cl)CC1. The molecule has 0 saturated carbocycles. The van der Waals surface area contributed by atoms with Gasteiger partial charge in [-0.1, -0.05) is 0 Å². The molecule has 0 aromatic heterocycles. The van der Waals surface area contributed by atoms with Gasteiger partial charge in [-0.2, -0.15) is 14.0 Å². The molecule has 136 valence electrons. The van der Waals surface area contributed by atoms with Crippen molar-refractivity contribution in [2.24, 2.45) is 5.92 Å². The predicted molar refractivity (Wildman–Crippen MR) is 83.7 cm³/mol. The van der Waals surface area contributed by atoms with Gasteiger partial charge >= 0.3 is 6.61 Å². The van der Waals surface area contributed by atoms with Gasteiger partial charge in [-0.05, 0) is 33.0 Å². The van der Waals surface area contributed by atoms with E-state index in [9.17, 15) is 8.78 Å². The Morgan fingerprint density at radius 2 is 2.12 bits per heavy atom. The molecule has 0 radical (unpaired) electrons. The third kappa shape index (κ3) is 3.82. The minimum atomic E-state index is -2.93. The van der Waals surface area contributed by atoms with E-state index in [0.29, 0.717) is 12.6 Å². The van der Waals surface area contributed by atoms with Gasteiger partial charge in [-0.25, -0.2) is 0 Å². The van der Waals surface area contributed by atoms with Crippen molar-refractivity contribution in [1.82, 2.24) is 15.5 Å². The number of ether oxygens (including phenoxy) is 2. The first-order valence-corrected chi connectivity index (χ1v) is 8.74. The number of alkyl halides is 3. The van der Waals surface area contributed by atoms with E-state index in [1.54, 1.807) is 0 Å². The Morgan fingerprint density at radius 1 is 1.42 bits per heavy atom. The van der Waals surface area contributed by atoms with E-state index in [0.717, 1.165) is 25.9 Å². The van der Waals surface area contributed by atoms with E-state index in [4.69, 9.17) is 21.6 Å². The van der Waals surface area contributed by atoms with Crippen LogP contribution in [0.25, 0.3) is 0 Å². The Labute approximate surface area is 145 Å². The van der Waals surface area contributed by atoms with Crippen LogP contribution in [0.15, 0.2) is 0 Å². The van der Waals surface area contributed by atoms with Crippen molar-refractivity contribution < 1.29 is 18.3 Å². The van der Waals surface area contributed by atoms with Gasteiger partial charge in [0.25, 0.3) is 0 Å². The summed E-state index contributed by atoms with van der Waals surface area (Å²) in [5.74, 6) is -0.360. The summed E-state index contributed by atoms with van der Waals surface area (Å²) >= 11 is 6.54. The van der Waals surface area contributed by atoms with Crippen molar-refractivity contribution in [2.45, 2.75) is 55.3 Å². The van der Waals surface area contributed by atoms with Crippen LogP contribution in [0.4, 0.5) is 8.78 Å². The van der Waals surface area contributed by atoms with E-state index < -0.39 is 30.3 Å². The lowest BCUT2D eigenvalue weighted by atomic mass is 9.89. The summed E-state index contributed by atoms with van der Waals surface area (Å²) < 4.78 is 35.5. The van der Waals surface area contributed by atoms with E-state index in [1.807, 2.05) is 6.07 Å². The maximum atomic E-state index is 12.6. The average Bonchev–Trinajstić information content (AvgIpc) is 2.90. The van der Waals surface area contributed by atoms with E-state index in [2.05, 4.69) is 27.3 Å². The fraction of sp³-hybridized carbons (Fsp3) is 0.933. The van der Waals surface area contributed by atoms with Gasteiger partial charge in [0.15, 0.2) is 6.10 Å². The summed E-state index contributed by atoms with van der Waals surface area (Å²) in [7, 11) is 2.10. The number of hydrogen-bond acceptors (Lipinski definition) is 6. The largest absolute Gasteiger partial charge is 0.355 e. The molecule has 3 aliphatic heterocycles. The zero-order valence-corrected chi connectivity index (χ0v) is 14.3. The molecule has 2 N–H and O–H groups in total. The minimum Gasteiger partial charge on any atom is -0.355 e. The highest BCUT2D eigenvalue weighted by Crippen LogP contribution is 2.37. The summed E-state index contributed by atoms with van der Waals surface area (Å²) in [4.78, 5) is 2.28. The molecule has 9 heteroatoms. The fourth-order valence-corrected chi connectivity index (χ4v) is 4.25. The molecule has 3 rings (SSSR count). The molecule has 3 heterocycles. The highest BCUT2D eigenvalue weighted by atomic mass is 35.5. The van der Waals surface area contributed by atoms with Crippen LogP contribution in [0.5, 0.6) is 0 Å². The van der Waals surface area contributed by atoms with Gasteiger partial charge in [-0.15, -0.1) is 11.6 Å². The summed E-state index contributed by atoms with van der Waals surface area (Å²) in [6.07, 6.45) is -0.565. The maximum Gasteiger partial charge on any atom is 0.345 e. The van der Waals surface area contributed by atoms with Crippen molar-refractivity contribution in [3.63, 3.8) is 0 Å². The molecule has 0 aliphatic carbocycles. The van der Waals surface area contributed by atoms with Gasteiger partial charge in [-0.3, -0.25) is 5.32 Å². The van der Waals surface area contributed by atoms with Gasteiger partial charge in [0, 0.05) is 18.5 Å². The highest BCUT2D eigenvalue weighted by Gasteiger charge is 2.53. The standard InChI is InChI=1S/C15H23ClF2N4O2/c1-22-4-2-8(3-5-22)21-14-11(16)13-9(7-20-14)12(24-15(17)18)10(6-19)23-13/h8-15,20-21H,2-5,7H2,1H3. The molecular formula is C15H23ClF2N4O2. The second kappa shape index (κ2) is 7.77. The molecule has 6 nitrogen and oxygen atoms in total. The number of fused-ring (bicyclic) bond motifs is 1. The smallest absolute Gasteiger partial charge is 0.345 e. The first kappa shape index (κ1) is 18.2. The summed E-state index contributed by atoms with van der Waals surface area (Å²) in [6.45, 7) is -0.452.